The maximum atomic E-state index is 12.4. The summed E-state index contributed by atoms with van der Waals surface area (Å²) in [7, 11) is 0. The number of hydrogen-bond donors (Lipinski definition) is 3. The van der Waals surface area contributed by atoms with Crippen LogP contribution in [0.2, 0.25) is 0 Å². The van der Waals surface area contributed by atoms with E-state index in [1.54, 1.807) is 6.26 Å². The van der Waals surface area contributed by atoms with Crippen molar-refractivity contribution in [2.45, 2.75) is 43.9 Å². The lowest BCUT2D eigenvalue weighted by atomic mass is 9.93. The van der Waals surface area contributed by atoms with E-state index < -0.39 is 6.10 Å². The molecular formula is C18H20N2O3. The van der Waals surface area contributed by atoms with Crippen LogP contribution in [-0.4, -0.2) is 17.2 Å². The van der Waals surface area contributed by atoms with E-state index in [1.165, 1.54) is 0 Å². The summed E-state index contributed by atoms with van der Waals surface area (Å²) in [5, 5.41) is 16.2. The molecule has 5 heteroatoms. The number of carbonyl (C=O) groups excluding carboxylic acids is 1. The Labute approximate surface area is 134 Å². The molecule has 1 aromatic carbocycles. The van der Waals surface area contributed by atoms with Gasteiger partial charge in [-0.2, -0.15) is 0 Å². The van der Waals surface area contributed by atoms with Gasteiger partial charge in [0.25, 0.3) is 0 Å². The number of benzene rings is 1. The highest BCUT2D eigenvalue weighted by atomic mass is 16.3. The molecule has 2 aliphatic carbocycles. The van der Waals surface area contributed by atoms with Gasteiger partial charge in [-0.3, -0.25) is 0 Å². The van der Waals surface area contributed by atoms with Gasteiger partial charge in [-0.1, -0.05) is 24.3 Å². The lowest BCUT2D eigenvalue weighted by Gasteiger charge is -2.25. The van der Waals surface area contributed by atoms with Crippen molar-refractivity contribution >= 4 is 6.03 Å². The number of carbonyl (C=O) groups is 1. The molecule has 3 N–H and O–H groups in total. The Morgan fingerprint density at radius 1 is 1.17 bits per heavy atom. The first-order valence-corrected chi connectivity index (χ1v) is 8.11. The van der Waals surface area contributed by atoms with Gasteiger partial charge in [0.15, 0.2) is 0 Å². The van der Waals surface area contributed by atoms with Crippen LogP contribution in [0.3, 0.4) is 0 Å². The van der Waals surface area contributed by atoms with Crippen LogP contribution in [-0.2, 0) is 12.8 Å². The number of aliphatic hydroxyl groups is 1. The quantitative estimate of drug-likeness (QED) is 0.798. The van der Waals surface area contributed by atoms with E-state index in [1.807, 2.05) is 30.3 Å². The number of fused-ring (bicyclic) bond motifs is 2. The lowest BCUT2D eigenvalue weighted by Crippen LogP contribution is -2.42. The molecule has 3 atom stereocenters. The van der Waals surface area contributed by atoms with Gasteiger partial charge in [0, 0.05) is 18.4 Å². The number of amides is 2. The monoisotopic (exact) mass is 312 g/mol. The summed E-state index contributed by atoms with van der Waals surface area (Å²) in [5.74, 6) is 0.966. The third-order valence-corrected chi connectivity index (χ3v) is 4.85. The number of urea groups is 1. The second-order valence-corrected chi connectivity index (χ2v) is 6.31. The zero-order chi connectivity index (χ0) is 15.8. The Morgan fingerprint density at radius 3 is 2.96 bits per heavy atom. The summed E-state index contributed by atoms with van der Waals surface area (Å²) in [5.41, 5.74) is 3.17. The molecule has 1 heterocycles. The Kier molecular flexibility index (Phi) is 3.58. The minimum absolute atomic E-state index is 0.0220. The van der Waals surface area contributed by atoms with Crippen molar-refractivity contribution in [1.29, 1.82) is 0 Å². The van der Waals surface area contributed by atoms with Crippen molar-refractivity contribution < 1.29 is 14.3 Å². The van der Waals surface area contributed by atoms with Crippen LogP contribution in [0.15, 0.2) is 41.0 Å². The third-order valence-electron chi connectivity index (χ3n) is 4.85. The van der Waals surface area contributed by atoms with Crippen LogP contribution in [0.25, 0.3) is 0 Å². The van der Waals surface area contributed by atoms with E-state index in [4.69, 9.17) is 4.42 Å². The van der Waals surface area contributed by atoms with E-state index in [9.17, 15) is 9.90 Å². The van der Waals surface area contributed by atoms with Gasteiger partial charge in [0.1, 0.15) is 5.76 Å². The smallest absolute Gasteiger partial charge is 0.315 e. The lowest BCUT2D eigenvalue weighted by molar-refractivity contribution is 0.141. The molecule has 0 saturated heterocycles. The van der Waals surface area contributed by atoms with Crippen LogP contribution < -0.4 is 10.6 Å². The Bertz CT molecular complexity index is 725. The second kappa shape index (κ2) is 5.74. The van der Waals surface area contributed by atoms with Crippen molar-refractivity contribution in [2.75, 3.05) is 0 Å². The SMILES string of the molecule is O=C(N[C@H]1CCCc2occc21)N[C@H]1c2ccccc2C[C@H]1O. The summed E-state index contributed by atoms with van der Waals surface area (Å²) in [6.07, 6.45) is 4.52. The normalized spacial score (nSPS) is 25.5. The summed E-state index contributed by atoms with van der Waals surface area (Å²) in [6.45, 7) is 0. The fourth-order valence-corrected chi connectivity index (χ4v) is 3.73. The number of nitrogens with one attached hydrogen (secondary N) is 2. The number of aliphatic hydroxyl groups excluding tert-OH is 1. The maximum absolute atomic E-state index is 12.4. The molecule has 0 saturated carbocycles. The molecule has 5 nitrogen and oxygen atoms in total. The van der Waals surface area contributed by atoms with Crippen LogP contribution in [0, 0.1) is 0 Å². The van der Waals surface area contributed by atoms with Crippen LogP contribution in [0.4, 0.5) is 4.79 Å². The number of furan rings is 1. The van der Waals surface area contributed by atoms with Crippen LogP contribution in [0.5, 0.6) is 0 Å². The molecule has 120 valence electrons. The number of rotatable bonds is 2. The molecule has 0 radical (unpaired) electrons. The van der Waals surface area contributed by atoms with Gasteiger partial charge < -0.3 is 20.2 Å². The molecular weight excluding hydrogens is 292 g/mol. The van der Waals surface area contributed by atoms with Crippen molar-refractivity contribution in [3.63, 3.8) is 0 Å². The summed E-state index contributed by atoms with van der Waals surface area (Å²) < 4.78 is 5.45. The van der Waals surface area contributed by atoms with Gasteiger partial charge in [0.05, 0.1) is 24.5 Å². The van der Waals surface area contributed by atoms with Gasteiger partial charge in [0.2, 0.25) is 0 Å². The second-order valence-electron chi connectivity index (χ2n) is 6.31. The average molecular weight is 312 g/mol. The minimum atomic E-state index is -0.575. The Balaban J connectivity index is 1.46. The summed E-state index contributed by atoms with van der Waals surface area (Å²) in [6, 6.07) is 9.16. The molecule has 1 aromatic heterocycles. The highest BCUT2D eigenvalue weighted by Gasteiger charge is 2.32. The number of hydrogen-bond acceptors (Lipinski definition) is 3. The topological polar surface area (TPSA) is 74.5 Å². The highest BCUT2D eigenvalue weighted by molar-refractivity contribution is 5.75. The fourth-order valence-electron chi connectivity index (χ4n) is 3.73. The molecule has 2 aromatic rings. The minimum Gasteiger partial charge on any atom is -0.469 e. The zero-order valence-corrected chi connectivity index (χ0v) is 12.8. The van der Waals surface area contributed by atoms with Crippen molar-refractivity contribution in [3.8, 4) is 0 Å². The molecule has 23 heavy (non-hydrogen) atoms. The molecule has 0 spiro atoms. The molecule has 0 unspecified atom stereocenters. The standard InChI is InChI=1S/C18H20N2O3/c21-15-10-11-4-1-2-5-12(11)17(15)20-18(22)19-14-6-3-7-16-13(14)8-9-23-16/h1-2,4-5,8-9,14-15,17,21H,3,6-7,10H2,(H2,19,20,22)/t14-,15+,17-/m0/s1. The molecule has 0 bridgehead atoms. The first-order chi connectivity index (χ1) is 11.2. The first-order valence-electron chi connectivity index (χ1n) is 8.11. The van der Waals surface area contributed by atoms with Crippen LogP contribution >= 0.6 is 0 Å². The molecule has 4 rings (SSSR count). The average Bonchev–Trinajstić information content (AvgIpc) is 3.13. The largest absolute Gasteiger partial charge is 0.469 e. The van der Waals surface area contributed by atoms with Crippen LogP contribution in [0.1, 0.15) is 47.4 Å². The van der Waals surface area contributed by atoms with E-state index in [0.717, 1.165) is 41.7 Å². The van der Waals surface area contributed by atoms with E-state index in [-0.39, 0.29) is 18.1 Å². The predicted octanol–water partition coefficient (Wildman–Crippen LogP) is 2.61. The zero-order valence-electron chi connectivity index (χ0n) is 12.8. The van der Waals surface area contributed by atoms with Crippen molar-refractivity contribution in [1.82, 2.24) is 10.6 Å². The van der Waals surface area contributed by atoms with Gasteiger partial charge in [-0.15, -0.1) is 0 Å². The van der Waals surface area contributed by atoms with E-state index in [0.29, 0.717) is 6.42 Å². The first kappa shape index (κ1) is 14.3. The van der Waals surface area contributed by atoms with E-state index >= 15 is 0 Å². The van der Waals surface area contributed by atoms with Crippen molar-refractivity contribution in [2.24, 2.45) is 0 Å². The Hall–Kier alpha value is -2.27. The van der Waals surface area contributed by atoms with Gasteiger partial charge >= 0.3 is 6.03 Å². The maximum Gasteiger partial charge on any atom is 0.315 e. The summed E-state index contributed by atoms with van der Waals surface area (Å²) >= 11 is 0. The molecule has 2 aliphatic rings. The molecule has 0 fully saturated rings. The highest BCUT2D eigenvalue weighted by Crippen LogP contribution is 2.32. The van der Waals surface area contributed by atoms with Gasteiger partial charge in [-0.05, 0) is 30.0 Å². The number of aryl methyl sites for hydroxylation is 1. The molecule has 2 amide bonds. The van der Waals surface area contributed by atoms with Crippen molar-refractivity contribution in [3.05, 3.63) is 59.0 Å². The predicted molar refractivity (Wildman–Crippen MR) is 84.9 cm³/mol. The van der Waals surface area contributed by atoms with E-state index in [2.05, 4.69) is 10.6 Å². The third kappa shape index (κ3) is 2.61. The Morgan fingerprint density at radius 2 is 2.04 bits per heavy atom. The molecule has 0 aliphatic heterocycles. The fraction of sp³-hybridized carbons (Fsp3) is 0.389. The summed E-state index contributed by atoms with van der Waals surface area (Å²) in [4.78, 5) is 12.4. The van der Waals surface area contributed by atoms with Gasteiger partial charge in [-0.25, -0.2) is 4.79 Å².